The van der Waals surface area contributed by atoms with Crippen molar-refractivity contribution < 1.29 is 15.0 Å². The van der Waals surface area contributed by atoms with Crippen molar-refractivity contribution in [2.24, 2.45) is 0 Å². The number of hydrogen-bond donors (Lipinski definition) is 2. The summed E-state index contributed by atoms with van der Waals surface area (Å²) in [6.45, 7) is 3.01. The molecule has 0 radical (unpaired) electrons. The average molecular weight is 215 g/mol. The van der Waals surface area contributed by atoms with Gasteiger partial charge in [-0.15, -0.1) is 0 Å². The topological polar surface area (TPSA) is 57.5 Å². The summed E-state index contributed by atoms with van der Waals surface area (Å²) in [5.41, 5.74) is 1.59. The van der Waals surface area contributed by atoms with Crippen LogP contribution >= 0.6 is 11.6 Å². The lowest BCUT2D eigenvalue weighted by atomic mass is 9.99. The van der Waals surface area contributed by atoms with Gasteiger partial charge in [0, 0.05) is 10.6 Å². The maximum Gasteiger partial charge on any atom is 0.154 e. The Morgan fingerprint density at radius 3 is 2.36 bits per heavy atom. The Morgan fingerprint density at radius 2 is 1.93 bits per heavy atom. The molecule has 0 aliphatic rings. The Labute approximate surface area is 86.9 Å². The lowest BCUT2D eigenvalue weighted by Crippen LogP contribution is -1.99. The number of carbonyl (C=O) groups excluding carboxylic acids is 1. The molecule has 0 aliphatic carbocycles. The number of phenols is 1. The van der Waals surface area contributed by atoms with Gasteiger partial charge < -0.3 is 10.2 Å². The van der Waals surface area contributed by atoms with E-state index in [1.807, 2.05) is 0 Å². The van der Waals surface area contributed by atoms with Crippen LogP contribution in [0, 0.1) is 13.8 Å². The number of aldehydes is 1. The first-order chi connectivity index (χ1) is 6.54. The summed E-state index contributed by atoms with van der Waals surface area (Å²) in [7, 11) is 0. The van der Waals surface area contributed by atoms with Crippen molar-refractivity contribution in [1.82, 2.24) is 0 Å². The second-order valence-electron chi connectivity index (χ2n) is 3.08. The lowest BCUT2D eigenvalue weighted by molar-refractivity contribution is 0.112. The molecule has 14 heavy (non-hydrogen) atoms. The van der Waals surface area contributed by atoms with Gasteiger partial charge in [0.15, 0.2) is 6.29 Å². The van der Waals surface area contributed by atoms with Crippen molar-refractivity contribution >= 4 is 17.9 Å². The molecule has 1 aromatic rings. The normalized spacial score (nSPS) is 10.3. The zero-order valence-electron chi connectivity index (χ0n) is 7.97. The molecule has 3 nitrogen and oxygen atoms in total. The highest BCUT2D eigenvalue weighted by Gasteiger charge is 2.16. The third kappa shape index (κ3) is 1.49. The van der Waals surface area contributed by atoms with E-state index in [1.165, 1.54) is 0 Å². The molecule has 0 aromatic heterocycles. The minimum atomic E-state index is -0.335. The van der Waals surface area contributed by atoms with Crippen LogP contribution in [0.4, 0.5) is 0 Å². The van der Waals surface area contributed by atoms with Crippen LogP contribution in [-0.2, 0) is 6.61 Å². The molecular formula is C10H11ClO3. The summed E-state index contributed by atoms with van der Waals surface area (Å²) in [5.74, 6) is -0.179. The fourth-order valence-corrected chi connectivity index (χ4v) is 1.60. The van der Waals surface area contributed by atoms with Crippen LogP contribution in [0.25, 0.3) is 0 Å². The van der Waals surface area contributed by atoms with Gasteiger partial charge in [0.25, 0.3) is 0 Å². The molecule has 1 rings (SSSR count). The number of carbonyl (C=O) groups is 1. The number of aliphatic hydroxyl groups excluding tert-OH is 1. The van der Waals surface area contributed by atoms with Crippen molar-refractivity contribution in [3.8, 4) is 5.75 Å². The molecule has 0 amide bonds. The van der Waals surface area contributed by atoms with Crippen LogP contribution < -0.4 is 0 Å². The van der Waals surface area contributed by atoms with Gasteiger partial charge in [-0.3, -0.25) is 4.79 Å². The van der Waals surface area contributed by atoms with Crippen LogP contribution in [0.3, 0.4) is 0 Å². The second kappa shape index (κ2) is 3.98. The maximum atomic E-state index is 10.7. The van der Waals surface area contributed by atoms with Crippen LogP contribution in [0.1, 0.15) is 27.0 Å². The molecule has 0 unspecified atom stereocenters. The zero-order valence-corrected chi connectivity index (χ0v) is 8.72. The molecule has 0 heterocycles. The number of hydrogen-bond acceptors (Lipinski definition) is 3. The van der Waals surface area contributed by atoms with Gasteiger partial charge in [-0.05, 0) is 25.0 Å². The molecule has 0 atom stereocenters. The number of aromatic hydroxyl groups is 1. The highest BCUT2D eigenvalue weighted by molar-refractivity contribution is 6.32. The Bertz CT molecular complexity index is 386. The van der Waals surface area contributed by atoms with E-state index in [9.17, 15) is 9.90 Å². The quantitative estimate of drug-likeness (QED) is 0.740. The number of benzene rings is 1. The lowest BCUT2D eigenvalue weighted by Gasteiger charge is -2.13. The van der Waals surface area contributed by atoms with Gasteiger partial charge in [0.05, 0.1) is 12.2 Å². The van der Waals surface area contributed by atoms with E-state index in [2.05, 4.69) is 0 Å². The highest BCUT2D eigenvalue weighted by Crippen LogP contribution is 2.34. The van der Waals surface area contributed by atoms with Gasteiger partial charge in [-0.2, -0.15) is 0 Å². The first-order valence-electron chi connectivity index (χ1n) is 4.11. The average Bonchev–Trinajstić information content (AvgIpc) is 2.16. The van der Waals surface area contributed by atoms with Gasteiger partial charge in [0.1, 0.15) is 5.75 Å². The van der Waals surface area contributed by atoms with Gasteiger partial charge >= 0.3 is 0 Å². The van der Waals surface area contributed by atoms with Crippen molar-refractivity contribution in [1.29, 1.82) is 0 Å². The zero-order chi connectivity index (χ0) is 10.9. The molecule has 1 aromatic carbocycles. The predicted octanol–water partition coefficient (Wildman–Crippen LogP) is 1.97. The van der Waals surface area contributed by atoms with E-state index >= 15 is 0 Å². The largest absolute Gasteiger partial charge is 0.507 e. The molecule has 2 N–H and O–H groups in total. The molecule has 0 fully saturated rings. The monoisotopic (exact) mass is 214 g/mol. The summed E-state index contributed by atoms with van der Waals surface area (Å²) in [6.07, 6.45) is 0.537. The predicted molar refractivity (Wildman–Crippen MR) is 53.9 cm³/mol. The SMILES string of the molecule is Cc1c(Cl)c(C)c(CO)c(O)c1C=O. The Kier molecular flexibility index (Phi) is 3.13. The summed E-state index contributed by atoms with van der Waals surface area (Å²) >= 11 is 5.94. The smallest absolute Gasteiger partial charge is 0.154 e. The van der Waals surface area contributed by atoms with Crippen LogP contribution in [0.2, 0.25) is 5.02 Å². The fourth-order valence-electron chi connectivity index (χ4n) is 1.39. The molecule has 0 aliphatic heterocycles. The van der Waals surface area contributed by atoms with E-state index in [0.29, 0.717) is 28.0 Å². The summed E-state index contributed by atoms with van der Waals surface area (Å²) in [5, 5.41) is 19.0. The van der Waals surface area contributed by atoms with E-state index in [0.717, 1.165) is 0 Å². The van der Waals surface area contributed by atoms with E-state index < -0.39 is 0 Å². The molecule has 0 bridgehead atoms. The highest BCUT2D eigenvalue weighted by atomic mass is 35.5. The number of halogens is 1. The van der Waals surface area contributed by atoms with Crippen molar-refractivity contribution in [2.45, 2.75) is 20.5 Å². The Balaban J connectivity index is 3.64. The van der Waals surface area contributed by atoms with E-state index in [1.54, 1.807) is 13.8 Å². The van der Waals surface area contributed by atoms with Crippen LogP contribution in [0.5, 0.6) is 5.75 Å². The molecule has 0 saturated carbocycles. The number of rotatable bonds is 2. The molecule has 4 heteroatoms. The van der Waals surface area contributed by atoms with E-state index in [-0.39, 0.29) is 17.9 Å². The summed E-state index contributed by atoms with van der Waals surface area (Å²) in [4.78, 5) is 10.7. The summed E-state index contributed by atoms with van der Waals surface area (Å²) in [6, 6.07) is 0. The molecule has 76 valence electrons. The van der Waals surface area contributed by atoms with Crippen LogP contribution in [-0.4, -0.2) is 16.5 Å². The molecule has 0 saturated heterocycles. The Morgan fingerprint density at radius 1 is 1.36 bits per heavy atom. The second-order valence-corrected chi connectivity index (χ2v) is 3.46. The molecule has 0 spiro atoms. The first kappa shape index (κ1) is 11.0. The third-order valence-electron chi connectivity index (χ3n) is 2.33. The minimum Gasteiger partial charge on any atom is -0.507 e. The standard InChI is InChI=1S/C10H11ClO3/c1-5-7(3-12)10(14)8(4-13)6(2)9(5)11/h3,13-14H,4H2,1-2H3. The van der Waals surface area contributed by atoms with E-state index in [4.69, 9.17) is 16.7 Å². The van der Waals surface area contributed by atoms with Crippen LogP contribution in [0.15, 0.2) is 0 Å². The van der Waals surface area contributed by atoms with Gasteiger partial charge in [-0.1, -0.05) is 11.6 Å². The fraction of sp³-hybridized carbons (Fsp3) is 0.300. The minimum absolute atomic E-state index is 0.143. The first-order valence-corrected chi connectivity index (χ1v) is 4.48. The summed E-state index contributed by atoms with van der Waals surface area (Å²) < 4.78 is 0. The number of aliphatic hydroxyl groups is 1. The molecular weight excluding hydrogens is 204 g/mol. The van der Waals surface area contributed by atoms with Gasteiger partial charge in [-0.25, -0.2) is 0 Å². The third-order valence-corrected chi connectivity index (χ3v) is 2.90. The maximum absolute atomic E-state index is 10.7. The van der Waals surface area contributed by atoms with Crippen molar-refractivity contribution in [3.05, 3.63) is 27.3 Å². The van der Waals surface area contributed by atoms with Crippen molar-refractivity contribution in [2.75, 3.05) is 0 Å². The van der Waals surface area contributed by atoms with Crippen molar-refractivity contribution in [3.63, 3.8) is 0 Å². The Hall–Kier alpha value is -1.06. The van der Waals surface area contributed by atoms with Gasteiger partial charge in [0.2, 0.25) is 0 Å².